The second-order valence-corrected chi connectivity index (χ2v) is 5.73. The van der Waals surface area contributed by atoms with Crippen LogP contribution in [-0.2, 0) is 6.42 Å². The number of fused-ring (bicyclic) bond motifs is 1. The SMILES string of the molecule is Cc1cc(F)ccc1C(=O)Cc1csc2ccccc12. The molecule has 0 radical (unpaired) electrons. The van der Waals surface area contributed by atoms with E-state index in [1.165, 1.54) is 16.8 Å². The summed E-state index contributed by atoms with van der Waals surface area (Å²) < 4.78 is 14.3. The topological polar surface area (TPSA) is 17.1 Å². The fourth-order valence-corrected chi connectivity index (χ4v) is 3.34. The Morgan fingerprint density at radius 3 is 2.80 bits per heavy atom. The molecule has 3 heteroatoms. The molecule has 1 aromatic heterocycles. The largest absolute Gasteiger partial charge is 0.294 e. The van der Waals surface area contributed by atoms with E-state index in [4.69, 9.17) is 0 Å². The summed E-state index contributed by atoms with van der Waals surface area (Å²) in [5, 5.41) is 3.16. The van der Waals surface area contributed by atoms with E-state index in [0.717, 1.165) is 10.9 Å². The van der Waals surface area contributed by atoms with Crippen LogP contribution in [0.2, 0.25) is 0 Å². The van der Waals surface area contributed by atoms with Crippen molar-refractivity contribution in [2.75, 3.05) is 0 Å². The minimum absolute atomic E-state index is 0.0334. The lowest BCUT2D eigenvalue weighted by Gasteiger charge is -2.04. The summed E-state index contributed by atoms with van der Waals surface area (Å²) in [4.78, 5) is 12.4. The fourth-order valence-electron chi connectivity index (χ4n) is 2.38. The predicted octanol–water partition coefficient (Wildman–Crippen LogP) is 4.77. The molecule has 20 heavy (non-hydrogen) atoms. The van der Waals surface area contributed by atoms with Crippen LogP contribution in [0.3, 0.4) is 0 Å². The van der Waals surface area contributed by atoms with Crippen LogP contribution in [0.25, 0.3) is 10.1 Å². The molecule has 0 spiro atoms. The van der Waals surface area contributed by atoms with E-state index in [0.29, 0.717) is 17.5 Å². The Kier molecular flexibility index (Phi) is 3.36. The van der Waals surface area contributed by atoms with Crippen molar-refractivity contribution in [3.8, 4) is 0 Å². The predicted molar refractivity (Wildman–Crippen MR) is 81.0 cm³/mol. The molecule has 3 aromatic rings. The lowest BCUT2D eigenvalue weighted by Crippen LogP contribution is -2.05. The average Bonchev–Trinajstić information content (AvgIpc) is 2.82. The minimum atomic E-state index is -0.306. The molecule has 0 aliphatic rings. The standard InChI is InChI=1S/C17H13FOS/c1-11-8-13(18)6-7-14(11)16(19)9-12-10-20-17-5-3-2-4-15(12)17/h2-8,10H,9H2,1H3. The number of benzene rings is 2. The number of halogens is 1. The Morgan fingerprint density at radius 1 is 1.20 bits per heavy atom. The van der Waals surface area contributed by atoms with Gasteiger partial charge in [-0.2, -0.15) is 0 Å². The number of thiophene rings is 1. The van der Waals surface area contributed by atoms with E-state index in [9.17, 15) is 9.18 Å². The summed E-state index contributed by atoms with van der Waals surface area (Å²) >= 11 is 1.65. The first-order chi connectivity index (χ1) is 9.65. The molecule has 0 aliphatic carbocycles. The number of hydrogen-bond acceptors (Lipinski definition) is 2. The average molecular weight is 284 g/mol. The molecule has 1 heterocycles. The van der Waals surface area contributed by atoms with Crippen molar-refractivity contribution in [2.45, 2.75) is 13.3 Å². The number of ketones is 1. The highest BCUT2D eigenvalue weighted by molar-refractivity contribution is 7.17. The highest BCUT2D eigenvalue weighted by atomic mass is 32.1. The zero-order valence-corrected chi connectivity index (χ0v) is 11.8. The normalized spacial score (nSPS) is 10.9. The second kappa shape index (κ2) is 5.17. The molecular weight excluding hydrogens is 271 g/mol. The van der Waals surface area contributed by atoms with E-state index in [1.54, 1.807) is 24.3 Å². The van der Waals surface area contributed by atoms with E-state index in [-0.39, 0.29) is 11.6 Å². The Labute approximate surface area is 120 Å². The molecular formula is C17H13FOS. The third kappa shape index (κ3) is 2.37. The van der Waals surface area contributed by atoms with Crippen molar-refractivity contribution in [1.82, 2.24) is 0 Å². The molecule has 0 fully saturated rings. The Morgan fingerprint density at radius 2 is 2.00 bits per heavy atom. The van der Waals surface area contributed by atoms with Crippen molar-refractivity contribution in [2.24, 2.45) is 0 Å². The minimum Gasteiger partial charge on any atom is -0.294 e. The van der Waals surface area contributed by atoms with Gasteiger partial charge < -0.3 is 0 Å². The lowest BCUT2D eigenvalue weighted by atomic mass is 9.99. The molecule has 100 valence electrons. The number of Topliss-reactive ketones (excluding diaryl/α,β-unsaturated/α-hetero) is 1. The van der Waals surface area contributed by atoms with Gasteiger partial charge in [0, 0.05) is 16.7 Å². The molecule has 1 nitrogen and oxygen atoms in total. The van der Waals surface area contributed by atoms with E-state index < -0.39 is 0 Å². The summed E-state index contributed by atoms with van der Waals surface area (Å²) in [7, 11) is 0. The Bertz CT molecular complexity index is 789. The highest BCUT2D eigenvalue weighted by Gasteiger charge is 2.13. The third-order valence-corrected chi connectivity index (χ3v) is 4.41. The monoisotopic (exact) mass is 284 g/mol. The van der Waals surface area contributed by atoms with Gasteiger partial charge in [-0.15, -0.1) is 11.3 Å². The van der Waals surface area contributed by atoms with Crippen molar-refractivity contribution >= 4 is 27.2 Å². The van der Waals surface area contributed by atoms with E-state index in [2.05, 4.69) is 6.07 Å². The zero-order valence-electron chi connectivity index (χ0n) is 11.0. The Hall–Kier alpha value is -2.00. The first-order valence-corrected chi connectivity index (χ1v) is 7.27. The van der Waals surface area contributed by atoms with E-state index in [1.807, 2.05) is 23.6 Å². The van der Waals surface area contributed by atoms with Crippen LogP contribution < -0.4 is 0 Å². The molecule has 2 aromatic carbocycles. The summed E-state index contributed by atoms with van der Waals surface area (Å²) in [6.07, 6.45) is 0.358. The summed E-state index contributed by atoms with van der Waals surface area (Å²) in [5.74, 6) is -0.272. The van der Waals surface area contributed by atoms with Crippen LogP contribution in [0.4, 0.5) is 4.39 Å². The number of aryl methyl sites for hydroxylation is 1. The molecule has 0 atom stereocenters. The molecule has 0 unspecified atom stereocenters. The maximum absolute atomic E-state index is 13.1. The second-order valence-electron chi connectivity index (χ2n) is 4.82. The van der Waals surface area contributed by atoms with Gasteiger partial charge in [0.25, 0.3) is 0 Å². The van der Waals surface area contributed by atoms with Crippen molar-refractivity contribution in [3.05, 3.63) is 70.4 Å². The van der Waals surface area contributed by atoms with Gasteiger partial charge in [0.05, 0.1) is 0 Å². The molecule has 0 bridgehead atoms. The van der Waals surface area contributed by atoms with E-state index >= 15 is 0 Å². The van der Waals surface area contributed by atoms with Gasteiger partial charge in [0.1, 0.15) is 5.82 Å². The smallest absolute Gasteiger partial charge is 0.167 e. The molecule has 0 aliphatic heterocycles. The van der Waals surface area contributed by atoms with Crippen LogP contribution >= 0.6 is 11.3 Å². The van der Waals surface area contributed by atoms with Gasteiger partial charge in [-0.1, -0.05) is 18.2 Å². The maximum Gasteiger partial charge on any atom is 0.167 e. The quantitative estimate of drug-likeness (QED) is 0.633. The van der Waals surface area contributed by atoms with Crippen molar-refractivity contribution < 1.29 is 9.18 Å². The summed E-state index contributed by atoms with van der Waals surface area (Å²) in [6, 6.07) is 12.4. The van der Waals surface area contributed by atoms with Gasteiger partial charge in [0.2, 0.25) is 0 Å². The zero-order chi connectivity index (χ0) is 14.1. The first-order valence-electron chi connectivity index (χ1n) is 6.39. The van der Waals surface area contributed by atoms with Gasteiger partial charge in [-0.3, -0.25) is 4.79 Å². The molecule has 0 saturated heterocycles. The van der Waals surface area contributed by atoms with Gasteiger partial charge in [-0.05, 0) is 53.1 Å². The summed E-state index contributed by atoms with van der Waals surface area (Å²) in [5.41, 5.74) is 2.33. The van der Waals surface area contributed by atoms with Crippen molar-refractivity contribution in [1.29, 1.82) is 0 Å². The van der Waals surface area contributed by atoms with Crippen molar-refractivity contribution in [3.63, 3.8) is 0 Å². The number of hydrogen-bond donors (Lipinski definition) is 0. The van der Waals surface area contributed by atoms with Gasteiger partial charge >= 0.3 is 0 Å². The highest BCUT2D eigenvalue weighted by Crippen LogP contribution is 2.27. The number of carbonyl (C=O) groups excluding carboxylic acids is 1. The van der Waals surface area contributed by atoms with Crippen LogP contribution in [-0.4, -0.2) is 5.78 Å². The molecule has 0 N–H and O–H groups in total. The number of rotatable bonds is 3. The summed E-state index contributed by atoms with van der Waals surface area (Å²) in [6.45, 7) is 1.77. The van der Waals surface area contributed by atoms with Gasteiger partial charge in [-0.25, -0.2) is 4.39 Å². The lowest BCUT2D eigenvalue weighted by molar-refractivity contribution is 0.0993. The van der Waals surface area contributed by atoms with Crippen LogP contribution in [0.15, 0.2) is 47.8 Å². The van der Waals surface area contributed by atoms with Crippen LogP contribution in [0.5, 0.6) is 0 Å². The molecule has 0 amide bonds. The first kappa shape index (κ1) is 13.0. The molecule has 3 rings (SSSR count). The maximum atomic E-state index is 13.1. The molecule has 0 saturated carbocycles. The van der Waals surface area contributed by atoms with Crippen LogP contribution in [0.1, 0.15) is 21.5 Å². The fraction of sp³-hybridized carbons (Fsp3) is 0.118. The third-order valence-electron chi connectivity index (χ3n) is 3.40. The van der Waals surface area contributed by atoms with Gasteiger partial charge in [0.15, 0.2) is 5.78 Å². The Balaban J connectivity index is 1.92. The van der Waals surface area contributed by atoms with Crippen LogP contribution in [0, 0.1) is 12.7 Å². The number of carbonyl (C=O) groups is 1.